The number of rotatable bonds is 28. The second-order valence-electron chi connectivity index (χ2n) is 19.0. The zero-order valence-electron chi connectivity index (χ0n) is 44.0. The SMILES string of the molecule is CC(=O)N[C@H]1[C@H](OCCOCCOCCO)O[C@H](COC(C)=O)[C@H](C)[C@@H]1C.CC(=O)N[C@H]1[C@H](OCCOCCOCCO[Si](c2ccccc2)(c2ccccc2)C(C)(C)C)O[C@H](COC(C)=O)[C@H](C)[C@@H]1C. The lowest BCUT2D eigenvalue weighted by Crippen LogP contribution is -2.66. The Hall–Kier alpha value is -3.86. The van der Waals surface area contributed by atoms with Crippen LogP contribution in [-0.4, -0.2) is 167 Å². The highest BCUT2D eigenvalue weighted by molar-refractivity contribution is 6.99. The molecule has 2 heterocycles. The number of esters is 2. The summed E-state index contributed by atoms with van der Waals surface area (Å²) in [5.74, 6) is -0.790. The highest BCUT2D eigenvalue weighted by Crippen LogP contribution is 2.37. The van der Waals surface area contributed by atoms with Crippen molar-refractivity contribution in [1.82, 2.24) is 10.6 Å². The first-order valence-electron chi connectivity index (χ1n) is 24.9. The van der Waals surface area contributed by atoms with Crippen molar-refractivity contribution in [3.63, 3.8) is 0 Å². The molecule has 2 aliphatic heterocycles. The predicted molar refractivity (Wildman–Crippen MR) is 268 cm³/mol. The van der Waals surface area contributed by atoms with Gasteiger partial charge in [-0.3, -0.25) is 19.2 Å². The van der Waals surface area contributed by atoms with Crippen LogP contribution in [-0.2, 0) is 71.0 Å². The fourth-order valence-corrected chi connectivity index (χ4v) is 13.2. The van der Waals surface area contributed by atoms with Gasteiger partial charge in [0.25, 0.3) is 8.32 Å². The van der Waals surface area contributed by atoms with Gasteiger partial charge in [-0.15, -0.1) is 0 Å². The van der Waals surface area contributed by atoms with Crippen LogP contribution in [0.25, 0.3) is 0 Å². The second kappa shape index (κ2) is 32.3. The Morgan fingerprint density at radius 3 is 1.23 bits per heavy atom. The molecule has 19 heteroatoms. The standard InChI is InChI=1S/C34H51NO8Si.C18H33NO8/c1-25-26(2)32(35-27(3)36)33(43-31(25)24-41-28(4)37)40-22-20-38-18-19-39-21-23-42-44(34(5,6)7,29-14-10-8-11-15-29)30-16-12-9-13-17-30;1-12-13(2)17(19-14(3)21)18(27-16(12)11-26-15(4)22)25-10-9-24-8-7-23-6-5-20/h8-17,25-26,31-33H,18-24H2,1-7H3,(H,35,36);12-13,16-18,20H,5-11H2,1-4H3,(H,19,21)/t25-,26+,31-,32-,33-;12-,13+,16-,17-,18-/m11/s1. The average molecular weight is 1020 g/mol. The molecule has 10 atom stereocenters. The topological polar surface area (TPSA) is 214 Å². The van der Waals surface area contributed by atoms with E-state index in [2.05, 4.69) is 79.9 Å². The van der Waals surface area contributed by atoms with Crippen molar-refractivity contribution in [3.05, 3.63) is 60.7 Å². The van der Waals surface area contributed by atoms with E-state index in [1.54, 1.807) is 0 Å². The zero-order chi connectivity index (χ0) is 52.4. The molecular weight excluding hydrogens is 937 g/mol. The van der Waals surface area contributed by atoms with E-state index in [0.29, 0.717) is 52.9 Å². The molecule has 2 aromatic carbocycles. The summed E-state index contributed by atoms with van der Waals surface area (Å²) in [6, 6.07) is 20.5. The fourth-order valence-electron chi connectivity index (χ4n) is 8.69. The van der Waals surface area contributed by atoms with E-state index in [4.69, 9.17) is 56.9 Å². The summed E-state index contributed by atoms with van der Waals surface area (Å²) < 4.78 is 63.1. The molecule has 2 fully saturated rings. The van der Waals surface area contributed by atoms with Crippen LogP contribution in [0.1, 0.15) is 76.2 Å². The van der Waals surface area contributed by atoms with Crippen molar-refractivity contribution in [2.75, 3.05) is 92.5 Å². The number of aliphatic hydroxyl groups excluding tert-OH is 1. The first-order valence-corrected chi connectivity index (χ1v) is 26.8. The third-order valence-electron chi connectivity index (χ3n) is 12.8. The van der Waals surface area contributed by atoms with E-state index in [0.717, 1.165) is 0 Å². The lowest BCUT2D eigenvalue weighted by Gasteiger charge is -2.44. The van der Waals surface area contributed by atoms with Gasteiger partial charge < -0.3 is 67.5 Å². The van der Waals surface area contributed by atoms with Gasteiger partial charge in [0.15, 0.2) is 12.6 Å². The third-order valence-corrected chi connectivity index (χ3v) is 17.8. The number of nitrogens with one attached hydrogen (secondary N) is 2. The molecule has 0 bridgehead atoms. The molecule has 0 radical (unpaired) electrons. The van der Waals surface area contributed by atoms with E-state index in [1.165, 1.54) is 38.1 Å². The number of hydrogen-bond donors (Lipinski definition) is 3. The Morgan fingerprint density at radius 2 is 0.887 bits per heavy atom. The number of aliphatic hydroxyl groups is 1. The van der Waals surface area contributed by atoms with Crippen molar-refractivity contribution < 1.29 is 76.1 Å². The van der Waals surface area contributed by atoms with Gasteiger partial charge in [-0.2, -0.15) is 0 Å². The van der Waals surface area contributed by atoms with Crippen LogP contribution in [0.5, 0.6) is 0 Å². The Kier molecular flexibility index (Phi) is 28.0. The minimum atomic E-state index is -2.58. The highest BCUT2D eigenvalue weighted by Gasteiger charge is 2.50. The lowest BCUT2D eigenvalue weighted by molar-refractivity contribution is -0.247. The molecule has 2 saturated heterocycles. The van der Waals surface area contributed by atoms with Gasteiger partial charge in [0, 0.05) is 27.7 Å². The summed E-state index contributed by atoms with van der Waals surface area (Å²) in [5.41, 5.74) is 0. The highest BCUT2D eigenvalue weighted by atomic mass is 28.4. The van der Waals surface area contributed by atoms with Crippen LogP contribution in [0.4, 0.5) is 0 Å². The van der Waals surface area contributed by atoms with Gasteiger partial charge in [-0.1, -0.05) is 109 Å². The number of amides is 2. The van der Waals surface area contributed by atoms with E-state index in [1.807, 2.05) is 39.8 Å². The third kappa shape index (κ3) is 20.5. The fraction of sp³-hybridized carbons (Fsp3) is 0.692. The van der Waals surface area contributed by atoms with Gasteiger partial charge in [0.2, 0.25) is 11.8 Å². The molecule has 71 heavy (non-hydrogen) atoms. The van der Waals surface area contributed by atoms with Crippen LogP contribution >= 0.6 is 0 Å². The molecule has 0 saturated carbocycles. The first-order chi connectivity index (χ1) is 33.8. The van der Waals surface area contributed by atoms with E-state index >= 15 is 0 Å². The molecule has 0 aromatic heterocycles. The molecule has 0 aliphatic carbocycles. The Labute approximate surface area is 422 Å². The largest absolute Gasteiger partial charge is 0.463 e. The number of ether oxygens (including phenoxy) is 10. The second-order valence-corrected chi connectivity index (χ2v) is 23.3. The molecule has 2 amide bonds. The summed E-state index contributed by atoms with van der Waals surface area (Å²) in [6.07, 6.45) is -1.98. The zero-order valence-corrected chi connectivity index (χ0v) is 45.0. The maximum Gasteiger partial charge on any atom is 0.302 e. The molecular formula is C52H84N2O16Si. The Bertz CT molecular complexity index is 1780. The summed E-state index contributed by atoms with van der Waals surface area (Å²) in [5, 5.41) is 16.9. The maximum absolute atomic E-state index is 11.8. The van der Waals surface area contributed by atoms with E-state index in [9.17, 15) is 19.2 Å². The maximum atomic E-state index is 11.8. The summed E-state index contributed by atoms with van der Waals surface area (Å²) in [6.45, 7) is 24.9. The molecule has 2 aromatic rings. The van der Waals surface area contributed by atoms with Gasteiger partial charge in [-0.05, 0) is 39.1 Å². The normalized spacial score (nSPS) is 24.5. The van der Waals surface area contributed by atoms with Gasteiger partial charge in [0.05, 0.1) is 104 Å². The van der Waals surface area contributed by atoms with Crippen LogP contribution in [0, 0.1) is 23.7 Å². The monoisotopic (exact) mass is 1020 g/mol. The number of hydrogen-bond acceptors (Lipinski definition) is 16. The lowest BCUT2D eigenvalue weighted by atomic mass is 9.82. The van der Waals surface area contributed by atoms with Crippen LogP contribution < -0.4 is 21.0 Å². The van der Waals surface area contributed by atoms with Crippen molar-refractivity contribution in [2.45, 2.75) is 118 Å². The van der Waals surface area contributed by atoms with E-state index < -0.39 is 20.9 Å². The quantitative estimate of drug-likeness (QED) is 0.0629. The summed E-state index contributed by atoms with van der Waals surface area (Å²) >= 11 is 0. The van der Waals surface area contributed by atoms with Crippen molar-refractivity contribution in [1.29, 1.82) is 0 Å². The molecule has 4 rings (SSSR count). The minimum Gasteiger partial charge on any atom is -0.463 e. The van der Waals surface area contributed by atoms with Gasteiger partial charge in [-0.25, -0.2) is 0 Å². The molecule has 0 spiro atoms. The van der Waals surface area contributed by atoms with Crippen LogP contribution in [0.2, 0.25) is 5.04 Å². The van der Waals surface area contributed by atoms with Gasteiger partial charge in [0.1, 0.15) is 13.2 Å². The minimum absolute atomic E-state index is 0.0161. The van der Waals surface area contributed by atoms with E-state index in [-0.39, 0.29) is 116 Å². The first kappa shape index (κ1) is 61.4. The molecule has 3 N–H and O–H groups in total. The van der Waals surface area contributed by atoms with Gasteiger partial charge >= 0.3 is 11.9 Å². The number of carbonyl (C=O) groups is 4. The summed E-state index contributed by atoms with van der Waals surface area (Å²) in [4.78, 5) is 45.8. The molecule has 402 valence electrons. The van der Waals surface area contributed by atoms with Crippen LogP contribution in [0.3, 0.4) is 0 Å². The number of benzene rings is 2. The Balaban J connectivity index is 0.000000423. The molecule has 2 aliphatic rings. The van der Waals surface area contributed by atoms with Crippen molar-refractivity contribution in [3.8, 4) is 0 Å². The number of carbonyl (C=O) groups excluding carboxylic acids is 4. The molecule has 0 unspecified atom stereocenters. The smallest absolute Gasteiger partial charge is 0.302 e. The summed E-state index contributed by atoms with van der Waals surface area (Å²) in [7, 11) is -2.58. The molecule has 18 nitrogen and oxygen atoms in total. The Morgan fingerprint density at radius 1 is 0.535 bits per heavy atom. The average Bonchev–Trinajstić information content (AvgIpc) is 3.32. The van der Waals surface area contributed by atoms with Crippen molar-refractivity contribution in [2.24, 2.45) is 23.7 Å². The van der Waals surface area contributed by atoms with Crippen LogP contribution in [0.15, 0.2) is 60.7 Å². The predicted octanol–water partition coefficient (Wildman–Crippen LogP) is 3.77. The van der Waals surface area contributed by atoms with Crippen molar-refractivity contribution >= 4 is 42.4 Å².